The van der Waals surface area contributed by atoms with Gasteiger partial charge in [-0.2, -0.15) is 4.98 Å². The van der Waals surface area contributed by atoms with Gasteiger partial charge in [-0.25, -0.2) is 4.98 Å². The van der Waals surface area contributed by atoms with Crippen molar-refractivity contribution in [3.63, 3.8) is 0 Å². The van der Waals surface area contributed by atoms with Gasteiger partial charge in [0.1, 0.15) is 12.4 Å². The summed E-state index contributed by atoms with van der Waals surface area (Å²) < 4.78 is 0. The molecule has 1 rings (SSSR count). The third-order valence-corrected chi connectivity index (χ3v) is 2.75. The summed E-state index contributed by atoms with van der Waals surface area (Å²) in [6, 6.07) is 1.85. The average Bonchev–Trinajstić information content (AvgIpc) is 2.35. The van der Waals surface area contributed by atoms with E-state index in [1.54, 1.807) is 22.1 Å². The Hall–Kier alpha value is -1.85. The molecule has 1 unspecified atom stereocenters. The molecule has 6 nitrogen and oxygen atoms in total. The monoisotopic (exact) mass is 252 g/mol. The molecule has 0 fully saturated rings. The number of carbonyl (C=O) groups is 1. The lowest BCUT2D eigenvalue weighted by Crippen LogP contribution is -2.38. The smallest absolute Gasteiger partial charge is 0.323 e. The van der Waals surface area contributed by atoms with Gasteiger partial charge in [-0.3, -0.25) is 4.79 Å². The van der Waals surface area contributed by atoms with Gasteiger partial charge in [0.2, 0.25) is 5.95 Å². The average molecular weight is 252 g/mol. The molecule has 0 bridgehead atoms. The van der Waals surface area contributed by atoms with E-state index in [0.29, 0.717) is 11.8 Å². The summed E-state index contributed by atoms with van der Waals surface area (Å²) in [4.78, 5) is 23.0. The van der Waals surface area contributed by atoms with E-state index in [1.165, 1.54) is 0 Å². The molecule has 18 heavy (non-hydrogen) atoms. The summed E-state index contributed by atoms with van der Waals surface area (Å²) in [5.41, 5.74) is 0. The van der Waals surface area contributed by atoms with Gasteiger partial charge in [0.15, 0.2) is 0 Å². The quantitative estimate of drug-likeness (QED) is 0.821. The minimum atomic E-state index is -0.861. The number of carboxylic acid groups (broad SMARTS) is 1. The van der Waals surface area contributed by atoms with Crippen molar-refractivity contribution in [3.05, 3.63) is 12.3 Å². The van der Waals surface area contributed by atoms with Crippen molar-refractivity contribution in [2.75, 3.05) is 30.4 Å². The van der Waals surface area contributed by atoms with Crippen molar-refractivity contribution in [3.8, 4) is 0 Å². The van der Waals surface area contributed by atoms with E-state index in [4.69, 9.17) is 5.11 Å². The second kappa shape index (κ2) is 6.18. The number of anilines is 2. The summed E-state index contributed by atoms with van der Waals surface area (Å²) >= 11 is 0. The maximum absolute atomic E-state index is 10.9. The number of hydrogen-bond acceptors (Lipinski definition) is 5. The fourth-order valence-corrected chi connectivity index (χ4v) is 1.54. The van der Waals surface area contributed by atoms with Crippen molar-refractivity contribution >= 4 is 17.7 Å². The van der Waals surface area contributed by atoms with E-state index in [9.17, 15) is 4.79 Å². The number of nitrogens with zero attached hydrogens (tertiary/aromatic N) is 4. The highest BCUT2D eigenvalue weighted by Gasteiger charge is 2.18. The van der Waals surface area contributed by atoms with Gasteiger partial charge >= 0.3 is 5.97 Å². The van der Waals surface area contributed by atoms with Gasteiger partial charge in [-0.15, -0.1) is 0 Å². The number of aromatic nitrogens is 2. The standard InChI is InChI=1S/C12H20N4O2/c1-5-9(2)16(8-11(17)18)10-6-7-13-12(14-10)15(3)4/h6-7,9H,5,8H2,1-4H3,(H,17,18). The fourth-order valence-electron chi connectivity index (χ4n) is 1.54. The third kappa shape index (κ3) is 3.58. The topological polar surface area (TPSA) is 69.6 Å². The lowest BCUT2D eigenvalue weighted by Gasteiger charge is -2.28. The molecule has 1 N–H and O–H groups in total. The van der Waals surface area contributed by atoms with Crippen LogP contribution in [-0.4, -0.2) is 47.7 Å². The summed E-state index contributed by atoms with van der Waals surface area (Å²) in [7, 11) is 3.70. The molecule has 1 heterocycles. The third-order valence-electron chi connectivity index (χ3n) is 2.75. The van der Waals surface area contributed by atoms with Crippen molar-refractivity contribution in [2.24, 2.45) is 0 Å². The largest absolute Gasteiger partial charge is 0.480 e. The molecule has 0 saturated carbocycles. The molecule has 0 spiro atoms. The highest BCUT2D eigenvalue weighted by atomic mass is 16.4. The van der Waals surface area contributed by atoms with E-state index >= 15 is 0 Å². The first kappa shape index (κ1) is 14.2. The number of aliphatic carboxylic acids is 1. The molecule has 0 aromatic carbocycles. The summed E-state index contributed by atoms with van der Waals surface area (Å²) in [6.45, 7) is 3.95. The zero-order valence-corrected chi connectivity index (χ0v) is 11.3. The molecular formula is C12H20N4O2. The first-order valence-corrected chi connectivity index (χ1v) is 5.94. The Morgan fingerprint density at radius 2 is 2.17 bits per heavy atom. The predicted molar refractivity (Wildman–Crippen MR) is 71.1 cm³/mol. The van der Waals surface area contributed by atoms with Gasteiger partial charge in [0, 0.05) is 26.3 Å². The maximum atomic E-state index is 10.9. The zero-order valence-electron chi connectivity index (χ0n) is 11.3. The van der Waals surface area contributed by atoms with Crippen LogP contribution < -0.4 is 9.80 Å². The minimum absolute atomic E-state index is 0.0567. The Morgan fingerprint density at radius 1 is 1.50 bits per heavy atom. The van der Waals surface area contributed by atoms with Crippen molar-refractivity contribution in [1.82, 2.24) is 9.97 Å². The van der Waals surface area contributed by atoms with Crippen LogP contribution in [0, 0.1) is 0 Å². The minimum Gasteiger partial charge on any atom is -0.480 e. The molecule has 0 radical (unpaired) electrons. The van der Waals surface area contributed by atoms with Crippen LogP contribution in [0.25, 0.3) is 0 Å². The molecule has 0 aliphatic rings. The maximum Gasteiger partial charge on any atom is 0.323 e. The zero-order chi connectivity index (χ0) is 13.7. The Labute approximate surface area is 107 Å². The van der Waals surface area contributed by atoms with Gasteiger partial charge in [0.05, 0.1) is 0 Å². The molecule has 0 aliphatic carbocycles. The van der Waals surface area contributed by atoms with Crippen LogP contribution in [-0.2, 0) is 4.79 Å². The van der Waals surface area contributed by atoms with E-state index < -0.39 is 5.97 Å². The number of hydrogen-bond donors (Lipinski definition) is 1. The van der Waals surface area contributed by atoms with E-state index in [1.807, 2.05) is 27.9 Å². The van der Waals surface area contributed by atoms with Gasteiger partial charge < -0.3 is 14.9 Å². The number of carboxylic acids is 1. The SMILES string of the molecule is CCC(C)N(CC(=O)O)c1ccnc(N(C)C)n1. The molecule has 6 heteroatoms. The van der Waals surface area contributed by atoms with E-state index in [0.717, 1.165) is 6.42 Å². The normalized spacial score (nSPS) is 12.0. The highest BCUT2D eigenvalue weighted by Crippen LogP contribution is 2.17. The van der Waals surface area contributed by atoms with Crippen LogP contribution in [0.3, 0.4) is 0 Å². The van der Waals surface area contributed by atoms with Crippen molar-refractivity contribution in [2.45, 2.75) is 26.3 Å². The van der Waals surface area contributed by atoms with Crippen LogP contribution in [0.4, 0.5) is 11.8 Å². The van der Waals surface area contributed by atoms with Gasteiger partial charge in [0.25, 0.3) is 0 Å². The fraction of sp³-hybridized carbons (Fsp3) is 0.583. The van der Waals surface area contributed by atoms with Crippen LogP contribution >= 0.6 is 0 Å². The first-order chi connectivity index (χ1) is 8.45. The van der Waals surface area contributed by atoms with Gasteiger partial charge in [-0.05, 0) is 19.4 Å². The molecule has 1 aromatic heterocycles. The molecule has 1 atom stereocenters. The summed E-state index contributed by atoms with van der Waals surface area (Å²) in [6.07, 6.45) is 2.50. The predicted octanol–water partition coefficient (Wildman–Crippen LogP) is 1.23. The highest BCUT2D eigenvalue weighted by molar-refractivity contribution is 5.73. The van der Waals surface area contributed by atoms with Crippen LogP contribution in [0.15, 0.2) is 12.3 Å². The lowest BCUT2D eigenvalue weighted by atomic mass is 10.2. The Morgan fingerprint density at radius 3 is 2.67 bits per heavy atom. The van der Waals surface area contributed by atoms with E-state index in [-0.39, 0.29) is 12.6 Å². The van der Waals surface area contributed by atoms with E-state index in [2.05, 4.69) is 9.97 Å². The Bertz CT molecular complexity index is 409. The molecule has 100 valence electrons. The van der Waals surface area contributed by atoms with Crippen LogP contribution in [0.2, 0.25) is 0 Å². The summed E-state index contributed by atoms with van der Waals surface area (Å²) in [5.74, 6) is 0.358. The molecule has 0 aliphatic heterocycles. The molecular weight excluding hydrogens is 232 g/mol. The van der Waals surface area contributed by atoms with Crippen molar-refractivity contribution < 1.29 is 9.90 Å². The van der Waals surface area contributed by atoms with Gasteiger partial charge in [-0.1, -0.05) is 6.92 Å². The lowest BCUT2D eigenvalue weighted by molar-refractivity contribution is -0.135. The first-order valence-electron chi connectivity index (χ1n) is 5.94. The molecule has 0 saturated heterocycles. The van der Waals surface area contributed by atoms with Crippen LogP contribution in [0.5, 0.6) is 0 Å². The van der Waals surface area contributed by atoms with Crippen molar-refractivity contribution in [1.29, 1.82) is 0 Å². The summed E-state index contributed by atoms with van der Waals surface area (Å²) in [5, 5.41) is 8.97. The Kier molecular flexibility index (Phi) is 4.88. The molecule has 0 amide bonds. The number of rotatable bonds is 6. The molecule has 1 aromatic rings. The Balaban J connectivity index is 3.04. The second-order valence-electron chi connectivity index (χ2n) is 4.39. The van der Waals surface area contributed by atoms with Crippen LogP contribution in [0.1, 0.15) is 20.3 Å². The second-order valence-corrected chi connectivity index (χ2v) is 4.39.